The van der Waals surface area contributed by atoms with Crippen LogP contribution in [0.4, 0.5) is 27.8 Å². The molecule has 0 saturated carbocycles. The molecule has 22 heavy (non-hydrogen) atoms. The van der Waals surface area contributed by atoms with E-state index >= 15 is 0 Å². The number of ketones is 1. The lowest BCUT2D eigenvalue weighted by atomic mass is 9.96. The molecule has 1 amide bonds. The number of hydrogen-bond donors (Lipinski definition) is 1. The predicted octanol–water partition coefficient (Wildman–Crippen LogP) is 1.91. The first kappa shape index (κ1) is 16.0. The van der Waals surface area contributed by atoms with Crippen molar-refractivity contribution >= 4 is 23.7 Å². The lowest BCUT2D eigenvalue weighted by Crippen LogP contribution is -2.49. The van der Waals surface area contributed by atoms with Gasteiger partial charge >= 0.3 is 12.1 Å². The number of fused-ring (bicyclic) bond motifs is 1. The highest BCUT2D eigenvalue weighted by atomic mass is 19.4. The number of aliphatic imine (C=N–C) groups is 1. The van der Waals surface area contributed by atoms with Crippen molar-refractivity contribution in [2.75, 3.05) is 6.54 Å². The molecule has 0 fully saturated rings. The fourth-order valence-corrected chi connectivity index (χ4v) is 1.67. The van der Waals surface area contributed by atoms with Crippen molar-refractivity contribution in [2.45, 2.75) is 12.1 Å². The Kier molecular flexibility index (Phi) is 3.94. The molecule has 2 rings (SSSR count). The number of halogens is 5. The second-order valence-electron chi connectivity index (χ2n) is 4.41. The van der Waals surface area contributed by atoms with Gasteiger partial charge < -0.3 is 5.32 Å². The number of Topliss-reactive ketones (excluding diaryl/α,β-unsaturated/α-hetero) is 1. The molecular formula is C12H8F5N3O2. The summed E-state index contributed by atoms with van der Waals surface area (Å²) in [7, 11) is 0. The Morgan fingerprint density at radius 1 is 1.27 bits per heavy atom. The molecule has 1 unspecified atom stereocenters. The normalized spacial score (nSPS) is 18.0. The van der Waals surface area contributed by atoms with Gasteiger partial charge in [0.2, 0.25) is 5.91 Å². The fraction of sp³-hybridized carbons (Fsp3) is 0.333. The van der Waals surface area contributed by atoms with Gasteiger partial charge in [0.15, 0.2) is 11.6 Å². The van der Waals surface area contributed by atoms with Crippen LogP contribution in [0.3, 0.4) is 0 Å². The largest absolute Gasteiger partial charge is 0.455 e. The third kappa shape index (κ3) is 2.95. The van der Waals surface area contributed by atoms with Crippen molar-refractivity contribution in [1.29, 1.82) is 0 Å². The molecule has 1 aliphatic rings. The summed E-state index contributed by atoms with van der Waals surface area (Å²) in [4.78, 5) is 31.1. The Morgan fingerprint density at radius 2 is 1.95 bits per heavy atom. The Balaban J connectivity index is 2.08. The van der Waals surface area contributed by atoms with Gasteiger partial charge in [-0.05, 0) is 12.1 Å². The van der Waals surface area contributed by atoms with Crippen LogP contribution >= 0.6 is 0 Å². The first-order valence-corrected chi connectivity index (χ1v) is 5.89. The lowest BCUT2D eigenvalue weighted by molar-refractivity contribution is -0.278. The number of carbonyl (C=O) groups excluding carboxylic acids is 2. The summed E-state index contributed by atoms with van der Waals surface area (Å²) in [6, 6.07) is 2.73. The number of aromatic nitrogens is 1. The molecule has 1 aromatic heterocycles. The Labute approximate surface area is 120 Å². The van der Waals surface area contributed by atoms with E-state index in [1.54, 1.807) is 0 Å². The van der Waals surface area contributed by atoms with Crippen molar-refractivity contribution < 1.29 is 31.5 Å². The monoisotopic (exact) mass is 321 g/mol. The van der Waals surface area contributed by atoms with Crippen molar-refractivity contribution in [1.82, 2.24) is 10.3 Å². The molecule has 10 heteroatoms. The van der Waals surface area contributed by atoms with Gasteiger partial charge in [-0.2, -0.15) is 22.0 Å². The molecule has 0 spiro atoms. The minimum Gasteiger partial charge on any atom is -0.349 e. The minimum atomic E-state index is -5.79. The van der Waals surface area contributed by atoms with Crippen molar-refractivity contribution in [3.63, 3.8) is 0 Å². The molecule has 0 saturated heterocycles. The maximum absolute atomic E-state index is 12.7. The average molecular weight is 321 g/mol. The van der Waals surface area contributed by atoms with E-state index in [0.29, 0.717) is 0 Å². The van der Waals surface area contributed by atoms with Crippen LogP contribution in [0.25, 0.3) is 0 Å². The van der Waals surface area contributed by atoms with E-state index in [-0.39, 0.29) is 11.4 Å². The van der Waals surface area contributed by atoms with Crippen LogP contribution in [0.15, 0.2) is 23.3 Å². The van der Waals surface area contributed by atoms with E-state index in [0.717, 1.165) is 6.21 Å². The van der Waals surface area contributed by atoms with Gasteiger partial charge in [0.1, 0.15) is 5.92 Å². The quantitative estimate of drug-likeness (QED) is 0.683. The number of rotatable bonds is 3. The number of alkyl halides is 5. The van der Waals surface area contributed by atoms with Gasteiger partial charge in [-0.3, -0.25) is 9.59 Å². The first-order valence-electron chi connectivity index (χ1n) is 5.89. The van der Waals surface area contributed by atoms with Gasteiger partial charge in [0.05, 0.1) is 12.1 Å². The van der Waals surface area contributed by atoms with Gasteiger partial charge in [0, 0.05) is 12.4 Å². The summed E-state index contributed by atoms with van der Waals surface area (Å²) < 4.78 is 61.4. The summed E-state index contributed by atoms with van der Waals surface area (Å²) in [5.41, 5.74) is -0.00673. The van der Waals surface area contributed by atoms with Crippen LogP contribution < -0.4 is 5.32 Å². The minimum absolute atomic E-state index is 0.00673. The highest BCUT2D eigenvalue weighted by Crippen LogP contribution is 2.34. The number of nitrogens with one attached hydrogen (secondary N) is 1. The van der Waals surface area contributed by atoms with E-state index in [4.69, 9.17) is 0 Å². The molecule has 5 nitrogen and oxygen atoms in total. The standard InChI is InChI=1S/C12H8F5N3O2/c13-11(14,12(15,16)17)5-20-10(22)7-4-19-9-6(8(7)21)2-1-3-18-9/h1-4,7H,5H2,(H,20,22). The Morgan fingerprint density at radius 3 is 2.59 bits per heavy atom. The third-order valence-electron chi connectivity index (χ3n) is 2.86. The van der Waals surface area contributed by atoms with Crippen molar-refractivity contribution in [2.24, 2.45) is 10.9 Å². The summed E-state index contributed by atoms with van der Waals surface area (Å²) in [5, 5.41) is 1.42. The molecule has 1 N–H and O–H groups in total. The predicted molar refractivity (Wildman–Crippen MR) is 64.2 cm³/mol. The molecule has 0 aromatic carbocycles. The number of carbonyl (C=O) groups is 2. The van der Waals surface area contributed by atoms with Crippen LogP contribution in [-0.4, -0.2) is 41.5 Å². The van der Waals surface area contributed by atoms with Gasteiger partial charge in [-0.15, -0.1) is 0 Å². The van der Waals surface area contributed by atoms with E-state index in [2.05, 4.69) is 9.98 Å². The number of pyridine rings is 1. The molecule has 118 valence electrons. The molecule has 1 aromatic rings. The smallest absolute Gasteiger partial charge is 0.349 e. The Hall–Kier alpha value is -2.39. The summed E-state index contributed by atoms with van der Waals surface area (Å²) >= 11 is 0. The molecular weight excluding hydrogens is 313 g/mol. The summed E-state index contributed by atoms with van der Waals surface area (Å²) in [6.07, 6.45) is -3.58. The first-order chi connectivity index (χ1) is 10.1. The highest BCUT2D eigenvalue weighted by Gasteiger charge is 2.57. The SMILES string of the molecule is O=C(NCC(F)(F)C(F)(F)F)C1C=Nc2ncccc2C1=O. The maximum Gasteiger partial charge on any atom is 0.455 e. The lowest BCUT2D eigenvalue weighted by Gasteiger charge is -2.21. The topological polar surface area (TPSA) is 71.4 Å². The zero-order valence-corrected chi connectivity index (χ0v) is 10.7. The van der Waals surface area contributed by atoms with E-state index < -0.39 is 36.3 Å². The maximum atomic E-state index is 12.7. The van der Waals surface area contributed by atoms with Gasteiger partial charge in [-0.1, -0.05) is 0 Å². The van der Waals surface area contributed by atoms with E-state index in [1.165, 1.54) is 23.6 Å². The second kappa shape index (κ2) is 5.43. The van der Waals surface area contributed by atoms with Gasteiger partial charge in [0.25, 0.3) is 0 Å². The molecule has 0 bridgehead atoms. The zero-order chi connectivity index (χ0) is 16.5. The third-order valence-corrected chi connectivity index (χ3v) is 2.86. The molecule has 0 radical (unpaired) electrons. The van der Waals surface area contributed by atoms with E-state index in [1.807, 2.05) is 0 Å². The van der Waals surface area contributed by atoms with Crippen LogP contribution in [0, 0.1) is 5.92 Å². The van der Waals surface area contributed by atoms with Crippen LogP contribution in [-0.2, 0) is 4.79 Å². The highest BCUT2D eigenvalue weighted by molar-refractivity contribution is 6.23. The summed E-state index contributed by atoms with van der Waals surface area (Å²) in [6.45, 7) is -1.95. The van der Waals surface area contributed by atoms with Crippen LogP contribution in [0.2, 0.25) is 0 Å². The second-order valence-corrected chi connectivity index (χ2v) is 4.41. The zero-order valence-electron chi connectivity index (χ0n) is 10.7. The van der Waals surface area contributed by atoms with Crippen LogP contribution in [0.1, 0.15) is 10.4 Å². The van der Waals surface area contributed by atoms with Crippen molar-refractivity contribution in [3.8, 4) is 0 Å². The van der Waals surface area contributed by atoms with Crippen molar-refractivity contribution in [3.05, 3.63) is 23.9 Å². The fourth-order valence-electron chi connectivity index (χ4n) is 1.67. The molecule has 1 atom stereocenters. The number of amides is 1. The Bertz CT molecular complexity index is 642. The average Bonchev–Trinajstić information content (AvgIpc) is 2.44. The summed E-state index contributed by atoms with van der Waals surface area (Å²) in [5.74, 6) is -8.66. The molecule has 0 aliphatic carbocycles. The van der Waals surface area contributed by atoms with Crippen LogP contribution in [0.5, 0.6) is 0 Å². The molecule has 1 aliphatic heterocycles. The number of nitrogens with zero attached hydrogens (tertiary/aromatic N) is 2. The number of hydrogen-bond acceptors (Lipinski definition) is 4. The van der Waals surface area contributed by atoms with E-state index in [9.17, 15) is 31.5 Å². The van der Waals surface area contributed by atoms with Gasteiger partial charge in [-0.25, -0.2) is 9.98 Å². The molecule has 2 heterocycles.